The fourth-order valence-corrected chi connectivity index (χ4v) is 2.51. The minimum absolute atomic E-state index is 0.470. The van der Waals surface area contributed by atoms with E-state index in [1.54, 1.807) is 7.11 Å². The number of hydrogen-bond donors (Lipinski definition) is 1. The Morgan fingerprint density at radius 3 is 2.67 bits per heavy atom. The second-order valence-corrected chi connectivity index (χ2v) is 5.23. The molecule has 0 aliphatic heterocycles. The van der Waals surface area contributed by atoms with Crippen molar-refractivity contribution >= 4 is 11.3 Å². The average molecular weight is 227 g/mol. The van der Waals surface area contributed by atoms with E-state index in [1.165, 1.54) is 15.3 Å². The molecule has 86 valence electrons. The van der Waals surface area contributed by atoms with Crippen molar-refractivity contribution in [3.63, 3.8) is 0 Å². The minimum Gasteiger partial charge on any atom is -0.383 e. The summed E-state index contributed by atoms with van der Waals surface area (Å²) in [7, 11) is 1.75. The first-order chi connectivity index (χ1) is 7.17. The van der Waals surface area contributed by atoms with E-state index in [9.17, 15) is 0 Å². The second-order valence-electron chi connectivity index (χ2n) is 3.89. The van der Waals surface area contributed by atoms with Gasteiger partial charge in [0.05, 0.1) is 6.61 Å². The quantitative estimate of drug-likeness (QED) is 0.807. The molecule has 1 N–H and O–H groups in total. The Balaban J connectivity index is 2.41. The molecule has 3 heteroatoms. The van der Waals surface area contributed by atoms with E-state index in [2.05, 4.69) is 32.2 Å². The van der Waals surface area contributed by atoms with Gasteiger partial charge in [0.15, 0.2) is 0 Å². The van der Waals surface area contributed by atoms with Crippen molar-refractivity contribution in [2.45, 2.75) is 39.8 Å². The SMILES string of the molecule is CCC(COC)NCc1cc(C)c(C)s1. The van der Waals surface area contributed by atoms with Crippen molar-refractivity contribution < 1.29 is 4.74 Å². The molecule has 0 aliphatic rings. The van der Waals surface area contributed by atoms with Crippen LogP contribution in [0.1, 0.15) is 28.7 Å². The molecule has 1 heterocycles. The molecule has 2 nitrogen and oxygen atoms in total. The smallest absolute Gasteiger partial charge is 0.0615 e. The fourth-order valence-electron chi connectivity index (χ4n) is 1.50. The van der Waals surface area contributed by atoms with Crippen molar-refractivity contribution in [3.8, 4) is 0 Å². The van der Waals surface area contributed by atoms with Crippen LogP contribution in [0.2, 0.25) is 0 Å². The molecule has 1 atom stereocenters. The lowest BCUT2D eigenvalue weighted by Gasteiger charge is -2.14. The van der Waals surface area contributed by atoms with Crippen LogP contribution in [0.5, 0.6) is 0 Å². The summed E-state index contributed by atoms with van der Waals surface area (Å²) < 4.78 is 5.15. The van der Waals surface area contributed by atoms with Crippen LogP contribution >= 0.6 is 11.3 Å². The Bertz CT molecular complexity index is 276. The summed E-state index contributed by atoms with van der Waals surface area (Å²) in [5.41, 5.74) is 1.40. The normalized spacial score (nSPS) is 13.1. The molecule has 0 saturated heterocycles. The summed E-state index contributed by atoms with van der Waals surface area (Å²) in [5.74, 6) is 0. The maximum atomic E-state index is 5.15. The Labute approximate surface area is 96.7 Å². The zero-order valence-corrected chi connectivity index (χ0v) is 10.9. The molecular weight excluding hydrogens is 206 g/mol. The molecule has 1 unspecified atom stereocenters. The highest BCUT2D eigenvalue weighted by Gasteiger charge is 2.06. The predicted octanol–water partition coefficient (Wildman–Crippen LogP) is 2.88. The summed E-state index contributed by atoms with van der Waals surface area (Å²) >= 11 is 1.88. The molecule has 15 heavy (non-hydrogen) atoms. The maximum Gasteiger partial charge on any atom is 0.0615 e. The topological polar surface area (TPSA) is 21.3 Å². The van der Waals surface area contributed by atoms with Gasteiger partial charge in [0.1, 0.15) is 0 Å². The number of rotatable bonds is 6. The van der Waals surface area contributed by atoms with Crippen LogP contribution in [0.25, 0.3) is 0 Å². The van der Waals surface area contributed by atoms with Crippen LogP contribution in [0.15, 0.2) is 6.07 Å². The molecular formula is C12H21NOS. The van der Waals surface area contributed by atoms with Crippen molar-refractivity contribution in [2.24, 2.45) is 0 Å². The molecule has 1 aromatic heterocycles. The van der Waals surface area contributed by atoms with Crippen LogP contribution < -0.4 is 5.32 Å². The third kappa shape index (κ3) is 3.93. The maximum absolute atomic E-state index is 5.15. The standard InChI is InChI=1S/C12H21NOS/c1-5-11(8-14-4)13-7-12-6-9(2)10(3)15-12/h6,11,13H,5,7-8H2,1-4H3. The summed E-state index contributed by atoms with van der Waals surface area (Å²) in [6.45, 7) is 8.28. The van der Waals surface area contributed by atoms with E-state index >= 15 is 0 Å². The Kier molecular flexibility index (Phi) is 5.29. The lowest BCUT2D eigenvalue weighted by atomic mass is 10.2. The second kappa shape index (κ2) is 6.26. The van der Waals surface area contributed by atoms with Gasteiger partial charge in [-0.05, 0) is 31.9 Å². The van der Waals surface area contributed by atoms with Crippen molar-refractivity contribution in [1.29, 1.82) is 0 Å². The van der Waals surface area contributed by atoms with E-state index in [-0.39, 0.29) is 0 Å². The van der Waals surface area contributed by atoms with E-state index in [0.717, 1.165) is 19.6 Å². The van der Waals surface area contributed by atoms with Gasteiger partial charge in [0, 0.05) is 29.5 Å². The van der Waals surface area contributed by atoms with Gasteiger partial charge in [0.2, 0.25) is 0 Å². The average Bonchev–Trinajstić information content (AvgIpc) is 2.53. The van der Waals surface area contributed by atoms with E-state index in [1.807, 2.05) is 11.3 Å². The number of ether oxygens (including phenoxy) is 1. The zero-order valence-electron chi connectivity index (χ0n) is 10.1. The van der Waals surface area contributed by atoms with Crippen molar-refractivity contribution in [3.05, 3.63) is 21.4 Å². The van der Waals surface area contributed by atoms with Crippen LogP contribution in [0.4, 0.5) is 0 Å². The highest BCUT2D eigenvalue weighted by atomic mass is 32.1. The van der Waals surface area contributed by atoms with Gasteiger partial charge in [-0.25, -0.2) is 0 Å². The first kappa shape index (κ1) is 12.7. The minimum atomic E-state index is 0.470. The van der Waals surface area contributed by atoms with Gasteiger partial charge in [-0.15, -0.1) is 11.3 Å². The molecule has 0 fully saturated rings. The molecule has 0 saturated carbocycles. The third-order valence-corrected chi connectivity index (χ3v) is 3.80. The lowest BCUT2D eigenvalue weighted by Crippen LogP contribution is -2.31. The van der Waals surface area contributed by atoms with Crippen molar-refractivity contribution in [1.82, 2.24) is 5.32 Å². The van der Waals surface area contributed by atoms with Gasteiger partial charge < -0.3 is 10.1 Å². The highest BCUT2D eigenvalue weighted by molar-refractivity contribution is 7.12. The first-order valence-electron chi connectivity index (χ1n) is 5.45. The lowest BCUT2D eigenvalue weighted by molar-refractivity contribution is 0.164. The zero-order chi connectivity index (χ0) is 11.3. The van der Waals surface area contributed by atoms with Gasteiger partial charge in [-0.3, -0.25) is 0 Å². The first-order valence-corrected chi connectivity index (χ1v) is 6.27. The van der Waals surface area contributed by atoms with E-state index in [4.69, 9.17) is 4.74 Å². The van der Waals surface area contributed by atoms with Gasteiger partial charge in [0.25, 0.3) is 0 Å². The summed E-state index contributed by atoms with van der Waals surface area (Å²) in [4.78, 5) is 2.84. The molecule has 1 rings (SSSR count). The highest BCUT2D eigenvalue weighted by Crippen LogP contribution is 2.20. The number of nitrogens with one attached hydrogen (secondary N) is 1. The largest absolute Gasteiger partial charge is 0.383 e. The molecule has 0 radical (unpaired) electrons. The van der Waals surface area contributed by atoms with Crippen LogP contribution in [0.3, 0.4) is 0 Å². The van der Waals surface area contributed by atoms with Gasteiger partial charge in [-0.1, -0.05) is 6.92 Å². The molecule has 0 spiro atoms. The summed E-state index contributed by atoms with van der Waals surface area (Å²) in [6, 6.07) is 2.74. The van der Waals surface area contributed by atoms with Gasteiger partial charge in [-0.2, -0.15) is 0 Å². The molecule has 0 aromatic carbocycles. The van der Waals surface area contributed by atoms with E-state index in [0.29, 0.717) is 6.04 Å². The summed E-state index contributed by atoms with van der Waals surface area (Å²) in [6.07, 6.45) is 1.11. The monoisotopic (exact) mass is 227 g/mol. The summed E-state index contributed by atoms with van der Waals surface area (Å²) in [5, 5.41) is 3.51. The predicted molar refractivity (Wildman–Crippen MR) is 66.6 cm³/mol. The number of thiophene rings is 1. The number of methoxy groups -OCH3 is 1. The van der Waals surface area contributed by atoms with Crippen LogP contribution in [-0.2, 0) is 11.3 Å². The molecule has 0 bridgehead atoms. The Hall–Kier alpha value is -0.380. The Morgan fingerprint density at radius 2 is 2.20 bits per heavy atom. The number of aryl methyl sites for hydroxylation is 2. The Morgan fingerprint density at radius 1 is 1.47 bits per heavy atom. The van der Waals surface area contributed by atoms with Crippen LogP contribution in [0, 0.1) is 13.8 Å². The van der Waals surface area contributed by atoms with Crippen molar-refractivity contribution in [2.75, 3.05) is 13.7 Å². The van der Waals surface area contributed by atoms with E-state index < -0.39 is 0 Å². The van der Waals surface area contributed by atoms with Gasteiger partial charge >= 0.3 is 0 Å². The molecule has 1 aromatic rings. The number of hydrogen-bond acceptors (Lipinski definition) is 3. The third-order valence-electron chi connectivity index (χ3n) is 2.64. The molecule has 0 amide bonds. The fraction of sp³-hybridized carbons (Fsp3) is 0.667. The van der Waals surface area contributed by atoms with Crippen LogP contribution in [-0.4, -0.2) is 19.8 Å². The molecule has 0 aliphatic carbocycles.